The Morgan fingerprint density at radius 2 is 1.86 bits per heavy atom. The fraction of sp³-hybridized carbons (Fsp3) is 0.200. The van der Waals surface area contributed by atoms with Crippen LogP contribution in [0.3, 0.4) is 0 Å². The molecule has 0 fully saturated rings. The van der Waals surface area contributed by atoms with Gasteiger partial charge in [-0.15, -0.1) is 0 Å². The molecule has 0 heterocycles. The van der Waals surface area contributed by atoms with Crippen molar-refractivity contribution >= 4 is 21.4 Å². The molecule has 1 aliphatic carbocycles. The molecule has 0 saturated heterocycles. The number of para-hydroxylation sites is 1. The van der Waals surface area contributed by atoms with Crippen LogP contribution in [-0.4, -0.2) is 8.42 Å². The Morgan fingerprint density at radius 3 is 2.67 bits per heavy atom. The quantitative estimate of drug-likeness (QED) is 0.856. The molecule has 21 heavy (non-hydrogen) atoms. The van der Waals surface area contributed by atoms with Crippen LogP contribution in [0.1, 0.15) is 17.5 Å². The molecule has 6 heteroatoms. The summed E-state index contributed by atoms with van der Waals surface area (Å²) >= 11 is 0. The van der Waals surface area contributed by atoms with Crippen molar-refractivity contribution in [1.82, 2.24) is 0 Å². The highest BCUT2D eigenvalue weighted by Crippen LogP contribution is 2.28. The molecule has 0 radical (unpaired) electrons. The molecule has 3 N–H and O–H groups in total. The predicted molar refractivity (Wildman–Crippen MR) is 80.1 cm³/mol. The van der Waals surface area contributed by atoms with Gasteiger partial charge < -0.3 is 5.73 Å². The van der Waals surface area contributed by atoms with Gasteiger partial charge in [-0.2, -0.15) is 0 Å². The Morgan fingerprint density at radius 1 is 1.10 bits per heavy atom. The molecular weight excluding hydrogens is 291 g/mol. The minimum absolute atomic E-state index is 0.247. The van der Waals surface area contributed by atoms with Crippen LogP contribution in [0.2, 0.25) is 0 Å². The van der Waals surface area contributed by atoms with Crippen LogP contribution < -0.4 is 10.5 Å². The van der Waals surface area contributed by atoms with E-state index in [9.17, 15) is 12.8 Å². The Kier molecular flexibility index (Phi) is 3.33. The summed E-state index contributed by atoms with van der Waals surface area (Å²) < 4.78 is 40.5. The number of nitrogen functional groups attached to an aromatic ring is 1. The lowest BCUT2D eigenvalue weighted by Gasteiger charge is -2.11. The van der Waals surface area contributed by atoms with Crippen molar-refractivity contribution in [2.24, 2.45) is 0 Å². The maximum absolute atomic E-state index is 13.4. The van der Waals surface area contributed by atoms with E-state index >= 15 is 0 Å². The molecule has 4 nitrogen and oxygen atoms in total. The first-order chi connectivity index (χ1) is 9.97. The van der Waals surface area contributed by atoms with Gasteiger partial charge in [-0.1, -0.05) is 12.1 Å². The largest absolute Gasteiger partial charge is 0.395 e. The third kappa shape index (κ3) is 2.58. The van der Waals surface area contributed by atoms with Gasteiger partial charge in [0.05, 0.1) is 5.69 Å². The van der Waals surface area contributed by atoms with Crippen LogP contribution in [-0.2, 0) is 22.9 Å². The van der Waals surface area contributed by atoms with Gasteiger partial charge in [0, 0.05) is 5.69 Å². The van der Waals surface area contributed by atoms with Crippen molar-refractivity contribution in [1.29, 1.82) is 0 Å². The second kappa shape index (κ2) is 5.04. The number of hydrogen-bond donors (Lipinski definition) is 2. The molecule has 0 unspecified atom stereocenters. The minimum atomic E-state index is -3.90. The summed E-state index contributed by atoms with van der Waals surface area (Å²) in [4.78, 5) is -0.247. The number of halogens is 1. The second-order valence-corrected chi connectivity index (χ2v) is 6.75. The standard InChI is InChI=1S/C15H15FN2O2S/c16-13-5-2-6-14(15(13)17)21(19,20)18-12-8-7-10-3-1-4-11(10)9-12/h2,5-9,18H,1,3-4,17H2. The van der Waals surface area contributed by atoms with E-state index in [-0.39, 0.29) is 10.6 Å². The van der Waals surface area contributed by atoms with Crippen molar-refractivity contribution in [3.05, 3.63) is 53.3 Å². The summed E-state index contributed by atoms with van der Waals surface area (Å²) in [7, 11) is -3.90. The molecule has 2 aromatic carbocycles. The van der Waals surface area contributed by atoms with Crippen molar-refractivity contribution in [2.75, 3.05) is 10.5 Å². The van der Waals surface area contributed by atoms with Crippen LogP contribution in [0.25, 0.3) is 0 Å². The van der Waals surface area contributed by atoms with Crippen molar-refractivity contribution in [2.45, 2.75) is 24.2 Å². The van der Waals surface area contributed by atoms with E-state index in [0.29, 0.717) is 5.69 Å². The fourth-order valence-electron chi connectivity index (χ4n) is 2.60. The molecule has 3 rings (SSSR count). The molecule has 0 spiro atoms. The SMILES string of the molecule is Nc1c(F)cccc1S(=O)(=O)Nc1ccc2c(c1)CCC2. The van der Waals surface area contributed by atoms with Crippen LogP contribution in [0.4, 0.5) is 15.8 Å². The molecule has 2 aromatic rings. The number of anilines is 2. The van der Waals surface area contributed by atoms with Gasteiger partial charge in [0.1, 0.15) is 10.7 Å². The summed E-state index contributed by atoms with van der Waals surface area (Å²) in [5.41, 5.74) is 8.03. The Hall–Kier alpha value is -2.08. The lowest BCUT2D eigenvalue weighted by molar-refractivity contribution is 0.597. The second-order valence-electron chi connectivity index (χ2n) is 5.09. The van der Waals surface area contributed by atoms with Crippen LogP contribution in [0.5, 0.6) is 0 Å². The molecule has 1 aliphatic rings. The summed E-state index contributed by atoms with van der Waals surface area (Å²) in [6.07, 6.45) is 3.06. The van der Waals surface area contributed by atoms with E-state index in [1.165, 1.54) is 17.7 Å². The Bertz CT molecular complexity index is 803. The highest BCUT2D eigenvalue weighted by Gasteiger charge is 2.20. The number of sulfonamides is 1. The molecule has 0 saturated carbocycles. The number of rotatable bonds is 3. The average Bonchev–Trinajstić information content (AvgIpc) is 2.88. The summed E-state index contributed by atoms with van der Waals surface area (Å²) in [6.45, 7) is 0. The highest BCUT2D eigenvalue weighted by atomic mass is 32.2. The molecule has 0 atom stereocenters. The van der Waals surface area contributed by atoms with Gasteiger partial charge in [0.2, 0.25) is 0 Å². The molecule has 0 aliphatic heterocycles. The number of hydrogen-bond acceptors (Lipinski definition) is 3. The summed E-state index contributed by atoms with van der Waals surface area (Å²) in [5, 5.41) is 0. The van der Waals surface area contributed by atoms with Gasteiger partial charge >= 0.3 is 0 Å². The van der Waals surface area contributed by atoms with E-state index < -0.39 is 15.8 Å². The minimum Gasteiger partial charge on any atom is -0.395 e. The summed E-state index contributed by atoms with van der Waals surface area (Å²) in [6, 6.07) is 9.21. The third-order valence-corrected chi connectivity index (χ3v) is 5.09. The lowest BCUT2D eigenvalue weighted by Crippen LogP contribution is -2.15. The van der Waals surface area contributed by atoms with Gasteiger partial charge in [-0.25, -0.2) is 12.8 Å². The normalized spacial score (nSPS) is 14.0. The van der Waals surface area contributed by atoms with Gasteiger partial charge in [-0.05, 0) is 54.7 Å². The Balaban J connectivity index is 1.95. The topological polar surface area (TPSA) is 72.2 Å². The monoisotopic (exact) mass is 306 g/mol. The van der Waals surface area contributed by atoms with E-state index in [2.05, 4.69) is 4.72 Å². The van der Waals surface area contributed by atoms with Crippen LogP contribution in [0.15, 0.2) is 41.3 Å². The zero-order chi connectivity index (χ0) is 15.0. The van der Waals surface area contributed by atoms with Crippen LogP contribution in [0, 0.1) is 5.82 Å². The van der Waals surface area contributed by atoms with Crippen molar-refractivity contribution in [3.8, 4) is 0 Å². The lowest BCUT2D eigenvalue weighted by atomic mass is 10.1. The van der Waals surface area contributed by atoms with Crippen molar-refractivity contribution in [3.63, 3.8) is 0 Å². The molecular formula is C15H15FN2O2S. The molecule has 0 aromatic heterocycles. The number of aryl methyl sites for hydroxylation is 2. The zero-order valence-electron chi connectivity index (χ0n) is 11.3. The third-order valence-electron chi connectivity index (χ3n) is 3.65. The molecule has 0 bridgehead atoms. The highest BCUT2D eigenvalue weighted by molar-refractivity contribution is 7.92. The first-order valence-electron chi connectivity index (χ1n) is 6.66. The molecule has 0 amide bonds. The average molecular weight is 306 g/mol. The first kappa shape index (κ1) is 13.9. The number of benzene rings is 2. The number of nitrogens with one attached hydrogen (secondary N) is 1. The van der Waals surface area contributed by atoms with Gasteiger partial charge in [-0.3, -0.25) is 4.72 Å². The smallest absolute Gasteiger partial charge is 0.264 e. The predicted octanol–water partition coefficient (Wildman–Crippen LogP) is 2.70. The Labute approximate surface area is 122 Å². The van der Waals surface area contributed by atoms with Crippen molar-refractivity contribution < 1.29 is 12.8 Å². The zero-order valence-corrected chi connectivity index (χ0v) is 12.1. The molecule has 110 valence electrons. The van der Waals surface area contributed by atoms with E-state index in [4.69, 9.17) is 5.73 Å². The van der Waals surface area contributed by atoms with Gasteiger partial charge in [0.25, 0.3) is 10.0 Å². The number of nitrogens with two attached hydrogens (primary N) is 1. The van der Waals surface area contributed by atoms with E-state index in [0.717, 1.165) is 30.9 Å². The van der Waals surface area contributed by atoms with E-state index in [1.807, 2.05) is 12.1 Å². The first-order valence-corrected chi connectivity index (χ1v) is 8.14. The van der Waals surface area contributed by atoms with Gasteiger partial charge in [0.15, 0.2) is 0 Å². The van der Waals surface area contributed by atoms with E-state index in [1.54, 1.807) is 6.07 Å². The number of fused-ring (bicyclic) bond motifs is 1. The maximum atomic E-state index is 13.4. The van der Waals surface area contributed by atoms with Crippen LogP contribution >= 0.6 is 0 Å². The summed E-state index contributed by atoms with van der Waals surface area (Å²) in [5.74, 6) is -0.744. The maximum Gasteiger partial charge on any atom is 0.264 e. The fourth-order valence-corrected chi connectivity index (χ4v) is 3.79.